The topological polar surface area (TPSA) is 64.3 Å². The SMILES string of the molecule is CC.COc1c(Cl)cnn(O)c1=O. The van der Waals surface area contributed by atoms with E-state index in [1.807, 2.05) is 13.8 Å². The van der Waals surface area contributed by atoms with Gasteiger partial charge in [-0.15, -0.1) is 5.10 Å². The summed E-state index contributed by atoms with van der Waals surface area (Å²) in [7, 11) is 1.28. The van der Waals surface area contributed by atoms with Gasteiger partial charge in [0.05, 0.1) is 13.3 Å². The second-order valence-corrected chi connectivity index (χ2v) is 2.13. The van der Waals surface area contributed by atoms with Gasteiger partial charge in [0.15, 0.2) is 0 Å². The molecule has 0 bridgehead atoms. The molecule has 0 atom stereocenters. The van der Waals surface area contributed by atoms with E-state index < -0.39 is 5.56 Å². The van der Waals surface area contributed by atoms with E-state index in [1.54, 1.807) is 0 Å². The first-order chi connectivity index (χ1) is 6.16. The van der Waals surface area contributed by atoms with Gasteiger partial charge in [-0.2, -0.15) is 0 Å². The third kappa shape index (κ3) is 2.62. The fourth-order valence-corrected chi connectivity index (χ4v) is 0.796. The van der Waals surface area contributed by atoms with Gasteiger partial charge < -0.3 is 9.94 Å². The van der Waals surface area contributed by atoms with Gasteiger partial charge in [0, 0.05) is 0 Å². The van der Waals surface area contributed by atoms with Crippen molar-refractivity contribution < 1.29 is 9.94 Å². The van der Waals surface area contributed by atoms with Crippen molar-refractivity contribution in [2.45, 2.75) is 13.8 Å². The molecule has 0 fully saturated rings. The van der Waals surface area contributed by atoms with E-state index >= 15 is 0 Å². The Balaban J connectivity index is 0.000000671. The highest BCUT2D eigenvalue weighted by Crippen LogP contribution is 2.15. The molecule has 0 aliphatic heterocycles. The summed E-state index contributed by atoms with van der Waals surface area (Å²) in [6.45, 7) is 4.00. The van der Waals surface area contributed by atoms with Crippen LogP contribution in [0.3, 0.4) is 0 Å². The molecule has 0 radical (unpaired) electrons. The Kier molecular flexibility index (Phi) is 4.91. The predicted octanol–water partition coefficient (Wildman–Crippen LogP) is 1.17. The van der Waals surface area contributed by atoms with E-state index in [4.69, 9.17) is 16.8 Å². The van der Waals surface area contributed by atoms with Gasteiger partial charge in [-0.3, -0.25) is 4.79 Å². The summed E-state index contributed by atoms with van der Waals surface area (Å²) in [5.41, 5.74) is -0.778. The van der Waals surface area contributed by atoms with Gasteiger partial charge in [-0.05, 0) is 0 Å². The lowest BCUT2D eigenvalue weighted by Crippen LogP contribution is -2.21. The maximum absolute atomic E-state index is 10.9. The number of rotatable bonds is 1. The summed E-state index contributed by atoms with van der Waals surface area (Å²) in [6.07, 6.45) is 1.11. The minimum absolute atomic E-state index is 0.0720. The molecule has 0 amide bonds. The summed E-state index contributed by atoms with van der Waals surface area (Å²) >= 11 is 5.49. The van der Waals surface area contributed by atoms with Crippen LogP contribution < -0.4 is 10.3 Å². The van der Waals surface area contributed by atoms with E-state index in [9.17, 15) is 4.79 Å². The average molecular weight is 207 g/mol. The van der Waals surface area contributed by atoms with Gasteiger partial charge in [0.2, 0.25) is 5.75 Å². The van der Waals surface area contributed by atoms with Gasteiger partial charge in [0.1, 0.15) is 5.02 Å². The Labute approximate surface area is 80.5 Å². The number of aromatic nitrogens is 2. The molecule has 6 heteroatoms. The molecule has 1 rings (SSSR count). The largest absolute Gasteiger partial charge is 0.490 e. The number of halogens is 1. The van der Waals surface area contributed by atoms with Crippen LogP contribution in [0.1, 0.15) is 13.8 Å². The Morgan fingerprint density at radius 2 is 2.15 bits per heavy atom. The Hall–Kier alpha value is -1.23. The smallest absolute Gasteiger partial charge is 0.345 e. The first-order valence-electron chi connectivity index (χ1n) is 3.68. The van der Waals surface area contributed by atoms with Crippen molar-refractivity contribution in [3.63, 3.8) is 0 Å². The molecule has 5 nitrogen and oxygen atoms in total. The lowest BCUT2D eigenvalue weighted by atomic mass is 10.5. The molecule has 13 heavy (non-hydrogen) atoms. The summed E-state index contributed by atoms with van der Waals surface area (Å²) in [5.74, 6) is -0.121. The molecule has 0 saturated carbocycles. The molecule has 1 aromatic rings. The standard InChI is InChI=1S/C5H5ClN2O3.C2H6/c1-11-4-3(6)2-7-8(10)5(4)9;1-2/h2,10H,1H3;1-2H3. The van der Waals surface area contributed by atoms with E-state index in [2.05, 4.69) is 9.84 Å². The van der Waals surface area contributed by atoms with E-state index in [0.717, 1.165) is 6.20 Å². The molecule has 1 N–H and O–H groups in total. The molecule has 0 saturated heterocycles. The monoisotopic (exact) mass is 206 g/mol. The zero-order valence-corrected chi connectivity index (χ0v) is 8.37. The first kappa shape index (κ1) is 11.8. The molecule has 0 aliphatic carbocycles. The summed E-state index contributed by atoms with van der Waals surface area (Å²) in [5, 5.41) is 12.0. The zero-order valence-electron chi connectivity index (χ0n) is 7.61. The van der Waals surface area contributed by atoms with E-state index in [1.165, 1.54) is 7.11 Å². The maximum atomic E-state index is 10.9. The van der Waals surface area contributed by atoms with Crippen molar-refractivity contribution in [3.8, 4) is 5.75 Å². The van der Waals surface area contributed by atoms with E-state index in [0.29, 0.717) is 0 Å². The van der Waals surface area contributed by atoms with Crippen LogP contribution in [0.4, 0.5) is 0 Å². The highest BCUT2D eigenvalue weighted by molar-refractivity contribution is 6.31. The van der Waals surface area contributed by atoms with Crippen LogP contribution in [-0.4, -0.2) is 22.3 Å². The second-order valence-electron chi connectivity index (χ2n) is 1.72. The molecule has 0 spiro atoms. The van der Waals surface area contributed by atoms with Crippen LogP contribution in [0, 0.1) is 0 Å². The minimum atomic E-state index is -0.778. The molecule has 1 heterocycles. The van der Waals surface area contributed by atoms with Crippen molar-refractivity contribution in [1.82, 2.24) is 9.94 Å². The van der Waals surface area contributed by atoms with Crippen molar-refractivity contribution in [1.29, 1.82) is 0 Å². The lowest BCUT2D eigenvalue weighted by Gasteiger charge is -2.00. The number of methoxy groups -OCH3 is 1. The molecular formula is C7H11ClN2O3. The van der Waals surface area contributed by atoms with Gasteiger partial charge in [-0.25, -0.2) is 0 Å². The molecular weight excluding hydrogens is 196 g/mol. The lowest BCUT2D eigenvalue weighted by molar-refractivity contribution is 0.130. The third-order valence-corrected chi connectivity index (χ3v) is 1.35. The highest BCUT2D eigenvalue weighted by atomic mass is 35.5. The number of hydrogen-bond donors (Lipinski definition) is 1. The molecule has 0 aliphatic rings. The van der Waals surface area contributed by atoms with Crippen LogP contribution in [0.25, 0.3) is 0 Å². The number of hydrogen-bond acceptors (Lipinski definition) is 4. The Morgan fingerprint density at radius 1 is 1.62 bits per heavy atom. The quantitative estimate of drug-likeness (QED) is 0.701. The highest BCUT2D eigenvalue weighted by Gasteiger charge is 2.08. The summed E-state index contributed by atoms with van der Waals surface area (Å²) in [4.78, 5) is 11.0. The normalized spacial score (nSPS) is 8.62. The van der Waals surface area contributed by atoms with Gasteiger partial charge in [0.25, 0.3) is 0 Å². The fourth-order valence-electron chi connectivity index (χ4n) is 0.594. The van der Waals surface area contributed by atoms with Gasteiger partial charge >= 0.3 is 5.56 Å². The molecule has 0 aromatic carbocycles. The van der Waals surface area contributed by atoms with Gasteiger partial charge in [-0.1, -0.05) is 30.3 Å². The van der Waals surface area contributed by atoms with Crippen LogP contribution in [0.2, 0.25) is 5.02 Å². The van der Waals surface area contributed by atoms with Crippen LogP contribution >= 0.6 is 11.6 Å². The van der Waals surface area contributed by atoms with E-state index in [-0.39, 0.29) is 15.6 Å². The Morgan fingerprint density at radius 3 is 2.54 bits per heavy atom. The number of ether oxygens (including phenoxy) is 1. The zero-order chi connectivity index (χ0) is 10.4. The van der Waals surface area contributed by atoms with Crippen LogP contribution in [0.5, 0.6) is 5.75 Å². The number of nitrogens with zero attached hydrogens (tertiary/aromatic N) is 2. The average Bonchev–Trinajstić information content (AvgIpc) is 2.16. The van der Waals surface area contributed by atoms with Crippen molar-refractivity contribution in [3.05, 3.63) is 21.6 Å². The predicted molar refractivity (Wildman–Crippen MR) is 48.6 cm³/mol. The summed E-state index contributed by atoms with van der Waals surface area (Å²) in [6, 6.07) is 0. The second kappa shape index (κ2) is 5.42. The Bertz CT molecular complexity index is 324. The van der Waals surface area contributed by atoms with Crippen LogP contribution in [0.15, 0.2) is 11.0 Å². The fraction of sp³-hybridized carbons (Fsp3) is 0.429. The van der Waals surface area contributed by atoms with Crippen LogP contribution in [-0.2, 0) is 0 Å². The van der Waals surface area contributed by atoms with Crippen molar-refractivity contribution in [2.75, 3.05) is 7.11 Å². The van der Waals surface area contributed by atoms with Crippen molar-refractivity contribution >= 4 is 11.6 Å². The maximum Gasteiger partial charge on any atom is 0.345 e. The molecule has 1 aromatic heterocycles. The molecule has 0 unspecified atom stereocenters. The summed E-state index contributed by atoms with van der Waals surface area (Å²) < 4.78 is 4.59. The van der Waals surface area contributed by atoms with Crippen molar-refractivity contribution in [2.24, 2.45) is 0 Å². The minimum Gasteiger partial charge on any atom is -0.490 e. The third-order valence-electron chi connectivity index (χ3n) is 1.08. The first-order valence-corrected chi connectivity index (χ1v) is 4.05. The molecule has 74 valence electrons.